The molecule has 3 N–H and O–H groups in total. The number of unbranched alkanes of at least 4 members (excludes halogenated alkanes) is 1. The van der Waals surface area contributed by atoms with Crippen molar-refractivity contribution in [1.82, 2.24) is 14.1 Å². The summed E-state index contributed by atoms with van der Waals surface area (Å²) in [5.41, 5.74) is 16.4. The highest BCUT2D eigenvalue weighted by Gasteiger charge is 2.16. The van der Waals surface area contributed by atoms with Gasteiger partial charge in [0.25, 0.3) is 0 Å². The number of aromatic nitrogens is 3. The summed E-state index contributed by atoms with van der Waals surface area (Å²) < 4.78 is 3.66. The van der Waals surface area contributed by atoms with Crippen LogP contribution in [0, 0.1) is 20.8 Å². The van der Waals surface area contributed by atoms with Crippen LogP contribution in [0.15, 0.2) is 70.8 Å². The highest BCUT2D eigenvalue weighted by atomic mass is 16.1. The van der Waals surface area contributed by atoms with Gasteiger partial charge in [-0.15, -0.1) is 0 Å². The molecule has 0 saturated carbocycles. The minimum Gasteiger partial charge on any atom is -0.481 e. The maximum absolute atomic E-state index is 13.6. The van der Waals surface area contributed by atoms with Crippen molar-refractivity contribution in [2.45, 2.75) is 53.5 Å². The first kappa shape index (κ1) is 25.0. The molecule has 0 fully saturated rings. The van der Waals surface area contributed by atoms with Crippen molar-refractivity contribution in [1.29, 1.82) is 0 Å². The average Bonchev–Trinajstić information content (AvgIpc) is 3.16. The molecule has 36 heavy (non-hydrogen) atoms. The molecule has 0 radical (unpaired) electrons. The fraction of sp³-hybridized carbons (Fsp3) is 0.276. The fourth-order valence-electron chi connectivity index (χ4n) is 4.81. The van der Waals surface area contributed by atoms with Crippen LogP contribution in [0.4, 0.5) is 0 Å². The van der Waals surface area contributed by atoms with Gasteiger partial charge in [-0.3, -0.25) is 14.1 Å². The van der Waals surface area contributed by atoms with E-state index in [1.165, 1.54) is 5.56 Å². The highest BCUT2D eigenvalue weighted by Crippen LogP contribution is 2.24. The van der Waals surface area contributed by atoms with E-state index in [9.17, 15) is 4.79 Å². The highest BCUT2D eigenvalue weighted by molar-refractivity contribution is 6.09. The van der Waals surface area contributed by atoms with E-state index in [4.69, 9.17) is 11.6 Å². The van der Waals surface area contributed by atoms with Crippen molar-refractivity contribution in [2.24, 2.45) is 10.9 Å². The number of hydrazone groups is 1. The molecule has 4 aromatic rings. The summed E-state index contributed by atoms with van der Waals surface area (Å²) in [6.07, 6.45) is 6.71. The summed E-state index contributed by atoms with van der Waals surface area (Å²) in [5, 5.41) is 3.52. The molecule has 0 atom stereocenters. The number of hydrogen-bond acceptors (Lipinski definition) is 4. The predicted molar refractivity (Wildman–Crippen MR) is 147 cm³/mol. The molecule has 0 aliphatic carbocycles. The molecular weight excluding hydrogens is 448 g/mol. The van der Waals surface area contributed by atoms with Gasteiger partial charge in [0.1, 0.15) is 0 Å². The molecule has 0 aliphatic rings. The topological polar surface area (TPSA) is 102 Å². The second-order valence-electron chi connectivity index (χ2n) is 9.29. The zero-order chi connectivity index (χ0) is 25.8. The van der Waals surface area contributed by atoms with Crippen LogP contribution < -0.4 is 11.5 Å². The molecule has 7 heteroatoms. The second kappa shape index (κ2) is 10.6. The van der Waals surface area contributed by atoms with Crippen LogP contribution in [-0.2, 0) is 13.0 Å². The quantitative estimate of drug-likeness (QED) is 0.151. The summed E-state index contributed by atoms with van der Waals surface area (Å²) in [6, 6.07) is 15.6. The molecule has 2 aromatic carbocycles. The predicted octanol–water partition coefficient (Wildman–Crippen LogP) is 5.69. The van der Waals surface area contributed by atoms with Crippen molar-refractivity contribution in [3.05, 3.63) is 111 Å². The van der Waals surface area contributed by atoms with Crippen molar-refractivity contribution >= 4 is 5.84 Å². The van der Waals surface area contributed by atoms with Crippen LogP contribution >= 0.6 is 0 Å². The van der Waals surface area contributed by atoms with Gasteiger partial charge in [0.15, 0.2) is 0 Å². The first-order chi connectivity index (χ1) is 17.3. The lowest BCUT2D eigenvalue weighted by Crippen LogP contribution is -2.25. The number of amidine groups is 1. The fourth-order valence-corrected chi connectivity index (χ4v) is 4.81. The number of imidazole rings is 1. The van der Waals surface area contributed by atoms with Crippen LogP contribution in [0.5, 0.6) is 0 Å². The Labute approximate surface area is 212 Å². The Morgan fingerprint density at radius 3 is 2.44 bits per heavy atom. The monoisotopic (exact) mass is 481 g/mol. The van der Waals surface area contributed by atoms with Gasteiger partial charge in [-0.25, -0.2) is 4.79 Å². The molecule has 4 rings (SSSR count). The van der Waals surface area contributed by atoms with E-state index in [0.29, 0.717) is 12.1 Å². The largest absolute Gasteiger partial charge is 0.481 e. The van der Waals surface area contributed by atoms with E-state index in [-0.39, 0.29) is 11.5 Å². The first-order valence-corrected chi connectivity index (χ1v) is 12.3. The Hall–Kier alpha value is -4.13. The van der Waals surface area contributed by atoms with Gasteiger partial charge in [-0.05, 0) is 67.8 Å². The molecule has 186 valence electrons. The lowest BCUT2D eigenvalue weighted by atomic mass is 10.0. The number of rotatable bonds is 8. The Bertz CT molecular complexity index is 1440. The minimum atomic E-state index is -0.0383. The number of nitrogens with two attached hydrogens (primary N) is 1. The van der Waals surface area contributed by atoms with Crippen LogP contribution in [0.2, 0.25) is 0 Å². The summed E-state index contributed by atoms with van der Waals surface area (Å²) in [4.78, 5) is 18.3. The van der Waals surface area contributed by atoms with Crippen LogP contribution in [-0.4, -0.2) is 20.0 Å². The standard InChI is InChI=1S/C29H33N6O/c1-5-6-9-23-18-35(27-20(3)14-19(2)15-21(27)4)29(36)34(23)17-22-12-13-26(32-16-22)24-10-7-8-11-25(24)28(30)33-31/h7-8,10-16,18H,5-6,9,17H2,1-4H3,(H3-,30,31,32,33)/q-1. The Balaban J connectivity index is 1.71. The molecule has 0 saturated heterocycles. The SMILES string of the molecule is CCCCc1cn(-c2c(C)cc(C)cc2C)c(=O)n1Cc1ccc(-c2ccccc2/C([NH-])=N/N)nc1. The number of benzene rings is 2. The third-order valence-corrected chi connectivity index (χ3v) is 6.48. The van der Waals surface area contributed by atoms with E-state index in [1.807, 2.05) is 41.1 Å². The molecule has 2 heterocycles. The van der Waals surface area contributed by atoms with Crippen molar-refractivity contribution in [3.8, 4) is 16.9 Å². The molecule has 7 nitrogen and oxygen atoms in total. The first-order valence-electron chi connectivity index (χ1n) is 12.3. The maximum atomic E-state index is 13.6. The Kier molecular flexibility index (Phi) is 7.38. The van der Waals surface area contributed by atoms with Gasteiger partial charge in [0, 0.05) is 23.7 Å². The minimum absolute atomic E-state index is 0.00614. The van der Waals surface area contributed by atoms with Crippen LogP contribution in [0.25, 0.3) is 22.7 Å². The zero-order valence-electron chi connectivity index (χ0n) is 21.4. The number of pyridine rings is 1. The van der Waals surface area contributed by atoms with Crippen LogP contribution in [0.1, 0.15) is 53.3 Å². The lowest BCUT2D eigenvalue weighted by molar-refractivity contribution is 0.672. The van der Waals surface area contributed by atoms with E-state index in [2.05, 4.69) is 49.9 Å². The third-order valence-electron chi connectivity index (χ3n) is 6.48. The molecule has 0 unspecified atom stereocenters. The van der Waals surface area contributed by atoms with Crippen molar-refractivity contribution in [3.63, 3.8) is 0 Å². The zero-order valence-corrected chi connectivity index (χ0v) is 21.4. The summed E-state index contributed by atoms with van der Waals surface area (Å²) in [5.74, 6) is 5.35. The normalized spacial score (nSPS) is 11.7. The molecule has 2 aromatic heterocycles. The summed E-state index contributed by atoms with van der Waals surface area (Å²) >= 11 is 0. The summed E-state index contributed by atoms with van der Waals surface area (Å²) in [7, 11) is 0. The lowest BCUT2D eigenvalue weighted by Gasteiger charge is -2.13. The van der Waals surface area contributed by atoms with Gasteiger partial charge in [0.05, 0.1) is 17.9 Å². The van der Waals surface area contributed by atoms with E-state index in [0.717, 1.165) is 58.6 Å². The van der Waals surface area contributed by atoms with Gasteiger partial charge in [-0.2, -0.15) is 0 Å². The number of nitrogens with one attached hydrogen (secondary N) is 1. The van der Waals surface area contributed by atoms with E-state index < -0.39 is 0 Å². The van der Waals surface area contributed by atoms with Gasteiger partial charge in [-0.1, -0.05) is 61.4 Å². The molecule has 0 aliphatic heterocycles. The van der Waals surface area contributed by atoms with E-state index in [1.54, 1.807) is 16.8 Å². The molecule has 0 spiro atoms. The van der Waals surface area contributed by atoms with Gasteiger partial charge in [0.2, 0.25) is 0 Å². The van der Waals surface area contributed by atoms with Gasteiger partial charge >= 0.3 is 5.69 Å². The van der Waals surface area contributed by atoms with Gasteiger partial charge < -0.3 is 16.7 Å². The molecular formula is C29H33N6O-. The number of aryl methyl sites for hydroxylation is 4. The number of hydrogen-bond donors (Lipinski definition) is 1. The Morgan fingerprint density at radius 2 is 1.81 bits per heavy atom. The van der Waals surface area contributed by atoms with Crippen molar-refractivity contribution in [2.75, 3.05) is 0 Å². The van der Waals surface area contributed by atoms with Crippen molar-refractivity contribution < 1.29 is 0 Å². The second-order valence-corrected chi connectivity index (χ2v) is 9.29. The number of nitrogens with zero attached hydrogens (tertiary/aromatic N) is 4. The Morgan fingerprint density at radius 1 is 1.08 bits per heavy atom. The molecule has 0 bridgehead atoms. The average molecular weight is 482 g/mol. The van der Waals surface area contributed by atoms with Crippen LogP contribution in [0.3, 0.4) is 0 Å². The smallest absolute Gasteiger partial charge is 0.333 e. The maximum Gasteiger partial charge on any atom is 0.333 e. The third kappa shape index (κ3) is 4.96. The summed E-state index contributed by atoms with van der Waals surface area (Å²) in [6.45, 7) is 8.79. The van der Waals surface area contributed by atoms with E-state index >= 15 is 0 Å². The molecule has 0 amide bonds.